The molecule has 10 nitrogen and oxygen atoms in total. The molecule has 0 unspecified atom stereocenters. The van der Waals surface area contributed by atoms with Crippen LogP contribution in [0.15, 0.2) is 0 Å². The summed E-state index contributed by atoms with van der Waals surface area (Å²) in [4.78, 5) is 24.2. The number of fused-ring (bicyclic) bond motifs is 5. The van der Waals surface area contributed by atoms with E-state index in [-0.39, 0.29) is 77.9 Å². The van der Waals surface area contributed by atoms with Gasteiger partial charge in [-0.1, -0.05) is 20.8 Å². The van der Waals surface area contributed by atoms with Gasteiger partial charge >= 0.3 is 0 Å². The lowest BCUT2D eigenvalue weighted by molar-refractivity contribution is -0.207. The molecular formula is C28H48N2O8S. The average molecular weight is 573 g/mol. The SMILES string of the molecule is C[C@H](CCC(=O)NCC(=O)NCCS(=O)(=O)O)[C@H]1CC[C@H]2[C@@H]3[C@H](O)C[C@H]4C[C@H](O)CC[C@]4(C)[C@H]3C[C@H](O)[C@]12C. The quantitative estimate of drug-likeness (QED) is 0.225. The molecule has 0 radical (unpaired) electrons. The molecule has 0 aliphatic heterocycles. The van der Waals surface area contributed by atoms with Gasteiger partial charge in [0, 0.05) is 13.0 Å². The highest BCUT2D eigenvalue weighted by Crippen LogP contribution is 2.68. The van der Waals surface area contributed by atoms with Crippen LogP contribution in [0.2, 0.25) is 0 Å². The Labute approximate surface area is 232 Å². The van der Waals surface area contributed by atoms with E-state index in [0.29, 0.717) is 12.8 Å². The van der Waals surface area contributed by atoms with E-state index < -0.39 is 34.0 Å². The first-order valence-corrected chi connectivity index (χ1v) is 16.3. The summed E-state index contributed by atoms with van der Waals surface area (Å²) < 4.78 is 30.2. The predicted molar refractivity (Wildman–Crippen MR) is 145 cm³/mol. The molecule has 6 N–H and O–H groups in total. The zero-order valence-corrected chi connectivity index (χ0v) is 24.3. The van der Waals surface area contributed by atoms with Crippen LogP contribution in [0.1, 0.15) is 78.6 Å². The van der Waals surface area contributed by atoms with Crippen molar-refractivity contribution in [3.63, 3.8) is 0 Å². The van der Waals surface area contributed by atoms with Crippen molar-refractivity contribution in [2.45, 2.75) is 96.9 Å². The van der Waals surface area contributed by atoms with Gasteiger partial charge in [0.1, 0.15) is 0 Å². The minimum absolute atomic E-state index is 0.0336. The molecule has 224 valence electrons. The fourth-order valence-electron chi connectivity index (χ4n) is 9.34. The molecule has 4 aliphatic carbocycles. The Morgan fingerprint density at radius 1 is 0.974 bits per heavy atom. The number of aliphatic hydroxyl groups excluding tert-OH is 3. The summed E-state index contributed by atoms with van der Waals surface area (Å²) in [7, 11) is -4.16. The van der Waals surface area contributed by atoms with Crippen LogP contribution in [-0.2, 0) is 19.7 Å². The van der Waals surface area contributed by atoms with Crippen molar-refractivity contribution in [2.75, 3.05) is 18.8 Å². The summed E-state index contributed by atoms with van der Waals surface area (Å²) in [6.07, 6.45) is 5.44. The molecular weight excluding hydrogens is 524 g/mol. The van der Waals surface area contributed by atoms with E-state index in [1.54, 1.807) is 0 Å². The number of nitrogens with one attached hydrogen (secondary N) is 2. The summed E-state index contributed by atoms with van der Waals surface area (Å²) in [5.74, 6) is -0.0801. The second-order valence-corrected chi connectivity index (χ2v) is 15.0. The molecule has 0 heterocycles. The normalized spacial score (nSPS) is 42.5. The van der Waals surface area contributed by atoms with E-state index in [1.165, 1.54) is 0 Å². The predicted octanol–water partition coefficient (Wildman–Crippen LogP) is 1.48. The summed E-state index contributed by atoms with van der Waals surface area (Å²) in [6, 6.07) is 0. The van der Waals surface area contributed by atoms with Crippen LogP contribution in [-0.4, -0.2) is 77.3 Å². The van der Waals surface area contributed by atoms with E-state index in [4.69, 9.17) is 4.55 Å². The molecule has 4 rings (SSSR count). The fraction of sp³-hybridized carbons (Fsp3) is 0.929. The van der Waals surface area contributed by atoms with Gasteiger partial charge in [0.05, 0.1) is 30.6 Å². The Hall–Kier alpha value is -1.27. The molecule has 0 aromatic heterocycles. The molecule has 4 aliphatic rings. The monoisotopic (exact) mass is 572 g/mol. The van der Waals surface area contributed by atoms with Crippen LogP contribution in [0.25, 0.3) is 0 Å². The van der Waals surface area contributed by atoms with Crippen molar-refractivity contribution in [2.24, 2.45) is 46.3 Å². The number of amides is 2. The maximum absolute atomic E-state index is 12.4. The Kier molecular flexibility index (Phi) is 9.08. The second kappa shape index (κ2) is 11.5. The molecule has 0 aromatic rings. The van der Waals surface area contributed by atoms with Crippen molar-refractivity contribution < 1.29 is 37.9 Å². The topological polar surface area (TPSA) is 173 Å². The van der Waals surface area contributed by atoms with Crippen molar-refractivity contribution in [3.8, 4) is 0 Å². The molecule has 0 saturated heterocycles. The molecule has 2 amide bonds. The van der Waals surface area contributed by atoms with E-state index in [0.717, 1.165) is 38.5 Å². The summed E-state index contributed by atoms with van der Waals surface area (Å²) >= 11 is 0. The number of hydrogen-bond donors (Lipinski definition) is 6. The van der Waals surface area contributed by atoms with E-state index in [2.05, 4.69) is 31.4 Å². The van der Waals surface area contributed by atoms with Crippen LogP contribution < -0.4 is 10.6 Å². The highest BCUT2D eigenvalue weighted by Gasteiger charge is 2.65. The lowest BCUT2D eigenvalue weighted by Crippen LogP contribution is -2.62. The highest BCUT2D eigenvalue weighted by molar-refractivity contribution is 7.85. The fourth-order valence-corrected chi connectivity index (χ4v) is 9.70. The summed E-state index contributed by atoms with van der Waals surface area (Å²) in [5, 5.41) is 38.3. The molecule has 4 saturated carbocycles. The average Bonchev–Trinajstić information content (AvgIpc) is 3.20. The number of hydrogen-bond acceptors (Lipinski definition) is 7. The lowest BCUT2D eigenvalue weighted by atomic mass is 9.43. The van der Waals surface area contributed by atoms with Gasteiger partial charge < -0.3 is 26.0 Å². The first-order valence-electron chi connectivity index (χ1n) is 14.7. The van der Waals surface area contributed by atoms with Crippen LogP contribution in [0.4, 0.5) is 0 Å². The molecule has 39 heavy (non-hydrogen) atoms. The smallest absolute Gasteiger partial charge is 0.266 e. The van der Waals surface area contributed by atoms with Gasteiger partial charge in [-0.05, 0) is 97.7 Å². The maximum Gasteiger partial charge on any atom is 0.266 e. The first-order chi connectivity index (χ1) is 18.2. The Morgan fingerprint density at radius 2 is 1.69 bits per heavy atom. The molecule has 11 atom stereocenters. The van der Waals surface area contributed by atoms with Crippen molar-refractivity contribution in [1.82, 2.24) is 10.6 Å². The molecule has 0 spiro atoms. The third kappa shape index (κ3) is 6.17. The third-order valence-electron chi connectivity index (χ3n) is 11.5. The Balaban J connectivity index is 1.33. The largest absolute Gasteiger partial charge is 0.393 e. The van der Waals surface area contributed by atoms with Gasteiger partial charge in [0.25, 0.3) is 10.1 Å². The molecule has 0 bridgehead atoms. The third-order valence-corrected chi connectivity index (χ3v) is 12.2. The van der Waals surface area contributed by atoms with Crippen LogP contribution in [0, 0.1) is 46.3 Å². The van der Waals surface area contributed by atoms with Gasteiger partial charge in [-0.3, -0.25) is 14.1 Å². The van der Waals surface area contributed by atoms with Crippen LogP contribution in [0.3, 0.4) is 0 Å². The van der Waals surface area contributed by atoms with Crippen molar-refractivity contribution in [3.05, 3.63) is 0 Å². The minimum atomic E-state index is -4.16. The first kappa shape index (κ1) is 30.7. The maximum atomic E-state index is 12.4. The van der Waals surface area contributed by atoms with Crippen LogP contribution in [0.5, 0.6) is 0 Å². The van der Waals surface area contributed by atoms with E-state index in [1.807, 2.05) is 0 Å². The van der Waals surface area contributed by atoms with Crippen LogP contribution >= 0.6 is 0 Å². The highest BCUT2D eigenvalue weighted by atomic mass is 32.2. The lowest BCUT2D eigenvalue weighted by Gasteiger charge is -2.63. The number of rotatable bonds is 9. The standard InChI is InChI=1S/C28H48N2O8S/c1-16(4-7-24(34)30-15-25(35)29-10-11-39(36,37)38)19-5-6-20-26-21(14-23(33)28(19,20)3)27(2)9-8-18(31)12-17(27)13-22(26)32/h16-23,26,31-33H,4-15H2,1-3H3,(H,29,35)(H,30,34)(H,36,37,38)/t16-,17-,18-,19-,20+,21+,22-,23+,26+,27+,28-/m1/s1. The van der Waals surface area contributed by atoms with Gasteiger partial charge in [-0.15, -0.1) is 0 Å². The molecule has 11 heteroatoms. The molecule has 4 fully saturated rings. The van der Waals surface area contributed by atoms with Crippen molar-refractivity contribution in [1.29, 1.82) is 0 Å². The zero-order chi connectivity index (χ0) is 28.8. The van der Waals surface area contributed by atoms with E-state index >= 15 is 0 Å². The van der Waals surface area contributed by atoms with Gasteiger partial charge in [0.15, 0.2) is 0 Å². The minimum Gasteiger partial charge on any atom is -0.393 e. The zero-order valence-electron chi connectivity index (χ0n) is 23.5. The van der Waals surface area contributed by atoms with E-state index in [9.17, 15) is 33.3 Å². The molecule has 0 aromatic carbocycles. The Bertz CT molecular complexity index is 1020. The van der Waals surface area contributed by atoms with Gasteiger partial charge in [-0.2, -0.15) is 8.42 Å². The van der Waals surface area contributed by atoms with Gasteiger partial charge in [-0.25, -0.2) is 0 Å². The number of aliphatic hydroxyl groups is 3. The summed E-state index contributed by atoms with van der Waals surface area (Å²) in [5.41, 5.74) is -0.297. The Morgan fingerprint density at radius 3 is 2.38 bits per heavy atom. The van der Waals surface area contributed by atoms with Gasteiger partial charge in [0.2, 0.25) is 11.8 Å². The number of carbonyl (C=O) groups is 2. The summed E-state index contributed by atoms with van der Waals surface area (Å²) in [6.45, 7) is 6.15. The second-order valence-electron chi connectivity index (χ2n) is 13.5. The van der Waals surface area contributed by atoms with Crippen molar-refractivity contribution >= 4 is 21.9 Å². The number of carbonyl (C=O) groups excluding carboxylic acids is 2.